The number of anilines is 1. The normalized spacial score (nSPS) is 20.6. The second-order valence-electron chi connectivity index (χ2n) is 11.1. The number of hydrogen-bond acceptors (Lipinski definition) is 7. The number of carbonyl (C=O) groups is 1. The molecule has 8 nitrogen and oxygen atoms in total. The van der Waals surface area contributed by atoms with Crippen LogP contribution in [0.4, 0.5) is 5.82 Å². The highest BCUT2D eigenvalue weighted by Gasteiger charge is 2.58. The van der Waals surface area contributed by atoms with Gasteiger partial charge in [0.2, 0.25) is 5.91 Å². The Balaban J connectivity index is 1.58. The zero-order chi connectivity index (χ0) is 25.1. The van der Waals surface area contributed by atoms with Crippen LogP contribution in [0.15, 0.2) is 35.1 Å². The van der Waals surface area contributed by atoms with Crippen LogP contribution in [0.25, 0.3) is 22.2 Å². The minimum atomic E-state index is -0.448. The highest BCUT2D eigenvalue weighted by Crippen LogP contribution is 2.39. The lowest BCUT2D eigenvalue weighted by Crippen LogP contribution is -2.86. The van der Waals surface area contributed by atoms with Crippen LogP contribution in [0, 0.1) is 6.92 Å². The van der Waals surface area contributed by atoms with Gasteiger partial charge in [0.25, 0.3) is 0 Å². The number of aryl methyl sites for hydroxylation is 1. The number of oxazole rings is 1. The summed E-state index contributed by atoms with van der Waals surface area (Å²) in [6.07, 6.45) is 5.11. The Bertz CT molecular complexity index is 1240. The van der Waals surface area contributed by atoms with Crippen LogP contribution in [0.2, 0.25) is 0 Å². The third kappa shape index (κ3) is 4.15. The Morgan fingerprint density at radius 2 is 1.53 bits per heavy atom. The molecule has 34 heavy (non-hydrogen) atoms. The predicted molar refractivity (Wildman–Crippen MR) is 155 cm³/mol. The average molecular weight is 448 g/mol. The summed E-state index contributed by atoms with van der Waals surface area (Å²) < 4.78 is 12.1. The van der Waals surface area contributed by atoms with E-state index in [1.54, 1.807) is 25.5 Å². The summed E-state index contributed by atoms with van der Waals surface area (Å²) in [4.78, 5) is 28.5. The first-order valence-electron chi connectivity index (χ1n) is 11.6. The third-order valence-electron chi connectivity index (χ3n) is 7.85. The zero-order valence-electron chi connectivity index (χ0n) is 21.6. The number of amides is 1. The maximum Gasteiger partial charge on any atom is 0.239 e. The Hall–Kier alpha value is -2.32. The molecule has 0 spiro atoms. The van der Waals surface area contributed by atoms with Crippen LogP contribution in [0.1, 0.15) is 5.89 Å². The van der Waals surface area contributed by atoms with Gasteiger partial charge in [-0.25, -0.2) is 9.97 Å². The fourth-order valence-corrected chi connectivity index (χ4v) is 4.68. The van der Waals surface area contributed by atoms with Gasteiger partial charge in [-0.2, -0.15) is 0 Å². The first-order valence-corrected chi connectivity index (χ1v) is 11.6. The van der Waals surface area contributed by atoms with Crippen LogP contribution in [0.5, 0.6) is 0 Å². The predicted octanol–water partition coefficient (Wildman–Crippen LogP) is -6.46. The summed E-state index contributed by atoms with van der Waals surface area (Å²) in [6.45, 7) is 2.01. The molecule has 0 radical (unpaired) electrons. The van der Waals surface area contributed by atoms with Crippen molar-refractivity contribution in [3.05, 3.63) is 36.6 Å². The van der Waals surface area contributed by atoms with E-state index in [9.17, 15) is 4.79 Å². The van der Waals surface area contributed by atoms with Gasteiger partial charge in [-0.15, -0.1) is 0 Å². The molecule has 1 aliphatic rings. The molecule has 0 bridgehead atoms. The molecule has 4 heterocycles. The molecule has 0 aromatic carbocycles. The molecule has 3 aromatic heterocycles. The number of fused-ring (bicyclic) bond motifs is 1. The molecule has 166 valence electrons. The second kappa shape index (κ2) is 8.12. The molecule has 1 fully saturated rings. The van der Waals surface area contributed by atoms with Crippen LogP contribution in [0.3, 0.4) is 0 Å². The molecule has 3 aromatic rings. The first-order chi connectivity index (χ1) is 15.6. The van der Waals surface area contributed by atoms with E-state index < -0.39 is 10.8 Å². The highest BCUT2D eigenvalue weighted by atomic mass is 16.5. The standard InChI is InChI=1S/C18H27B8N5O3/c1-8-27-6-12(33-8)11-2-9-3-13(29-5-10(9)4-28-11)30-14(32)7-31-15(19,20)17(23,24)34-18(25,26)16(31,21)22/h2-6H,7,19-26H2,1H3,(H,29,30,32). The van der Waals surface area contributed by atoms with Crippen molar-refractivity contribution in [1.29, 1.82) is 0 Å². The average Bonchev–Trinajstić information content (AvgIpc) is 3.16. The first kappa shape index (κ1) is 24.8. The Kier molecular flexibility index (Phi) is 5.92. The topological polar surface area (TPSA) is 93.4 Å². The van der Waals surface area contributed by atoms with E-state index in [0.29, 0.717) is 23.2 Å². The van der Waals surface area contributed by atoms with Crippen molar-refractivity contribution in [2.24, 2.45) is 0 Å². The summed E-state index contributed by atoms with van der Waals surface area (Å²) >= 11 is 0. The van der Waals surface area contributed by atoms with Gasteiger partial charge in [0.15, 0.2) is 11.7 Å². The molecule has 0 atom stereocenters. The molecule has 1 amide bonds. The summed E-state index contributed by atoms with van der Waals surface area (Å²) in [6, 6.07) is 3.76. The largest absolute Gasteiger partial charge is 0.439 e. The van der Waals surface area contributed by atoms with Crippen molar-refractivity contribution in [2.45, 2.75) is 28.4 Å². The number of nitrogens with one attached hydrogen (secondary N) is 1. The molecule has 0 unspecified atom stereocenters. The summed E-state index contributed by atoms with van der Waals surface area (Å²) in [7, 11) is 16.9. The van der Waals surface area contributed by atoms with Crippen molar-refractivity contribution in [3.8, 4) is 11.5 Å². The number of rotatable bonds is 4. The zero-order valence-corrected chi connectivity index (χ0v) is 21.6. The molecule has 0 saturated carbocycles. The van der Waals surface area contributed by atoms with Gasteiger partial charge in [-0.05, 0) is 28.2 Å². The summed E-state index contributed by atoms with van der Waals surface area (Å²) in [5.41, 5.74) is 0.679. The molecule has 1 aliphatic heterocycles. The van der Waals surface area contributed by atoms with Crippen LogP contribution in [-0.2, 0) is 9.53 Å². The Morgan fingerprint density at radius 3 is 2.12 bits per heavy atom. The number of ether oxygens (including phenoxy) is 1. The van der Waals surface area contributed by atoms with Crippen molar-refractivity contribution < 1.29 is 13.9 Å². The fourth-order valence-electron chi connectivity index (χ4n) is 4.68. The molecular weight excluding hydrogens is 421 g/mol. The summed E-state index contributed by atoms with van der Waals surface area (Å²) in [5.74, 6) is 1.55. The number of morpholine rings is 1. The third-order valence-corrected chi connectivity index (χ3v) is 7.85. The lowest BCUT2D eigenvalue weighted by Gasteiger charge is -2.68. The van der Waals surface area contributed by atoms with E-state index in [4.69, 9.17) is 9.15 Å². The smallest absolute Gasteiger partial charge is 0.239 e. The minimum absolute atomic E-state index is 0.123. The number of hydrogen-bond donors (Lipinski definition) is 1. The van der Waals surface area contributed by atoms with Crippen LogP contribution >= 0.6 is 0 Å². The molecule has 1 N–H and O–H groups in total. The van der Waals surface area contributed by atoms with Gasteiger partial charge in [-0.3, -0.25) is 9.78 Å². The number of pyridine rings is 2. The van der Waals surface area contributed by atoms with Gasteiger partial charge in [0.1, 0.15) is 74.3 Å². The Morgan fingerprint density at radius 1 is 0.912 bits per heavy atom. The van der Waals surface area contributed by atoms with Gasteiger partial charge in [0.05, 0.1) is 12.7 Å². The molecule has 1 saturated heterocycles. The molecule has 16 heteroatoms. The lowest BCUT2D eigenvalue weighted by atomic mass is 9.30. The van der Waals surface area contributed by atoms with Gasteiger partial charge in [-0.1, -0.05) is 0 Å². The quantitative estimate of drug-likeness (QED) is 0.397. The highest BCUT2D eigenvalue weighted by molar-refractivity contribution is 6.59. The van der Waals surface area contributed by atoms with Crippen LogP contribution < -0.4 is 5.32 Å². The molecule has 4 rings (SSSR count). The number of nitrogens with zero attached hydrogens (tertiary/aromatic N) is 4. The van der Waals surface area contributed by atoms with Gasteiger partial charge < -0.3 is 19.4 Å². The second-order valence-corrected chi connectivity index (χ2v) is 11.1. The summed E-state index contributed by atoms with van der Waals surface area (Å²) in [5, 5.41) is 3.11. The maximum absolute atomic E-state index is 13.2. The van der Waals surface area contributed by atoms with E-state index >= 15 is 0 Å². The van der Waals surface area contributed by atoms with E-state index in [0.717, 1.165) is 10.8 Å². The number of aromatic nitrogens is 3. The van der Waals surface area contributed by atoms with Crippen LogP contribution in [-0.4, -0.2) is 117 Å². The van der Waals surface area contributed by atoms with E-state index in [2.05, 4.69) is 87.9 Å². The SMILES string of the molecule is BC1(B)OC(B)(B)C(B)(B)N(CC(=O)Nc2cc3cc(-c4cnc(C)o4)ncc3cn2)C1(B)B. The van der Waals surface area contributed by atoms with Crippen molar-refractivity contribution in [2.75, 3.05) is 11.9 Å². The minimum Gasteiger partial charge on any atom is -0.439 e. The number of carbonyl (C=O) groups excluding carboxylic acids is 1. The maximum atomic E-state index is 13.2. The van der Waals surface area contributed by atoms with E-state index in [1.807, 2.05) is 12.1 Å². The molecule has 0 aliphatic carbocycles. The monoisotopic (exact) mass is 449 g/mol. The van der Waals surface area contributed by atoms with Crippen molar-refractivity contribution in [1.82, 2.24) is 19.9 Å². The molecular formula is C18H27B8N5O3. The van der Waals surface area contributed by atoms with Gasteiger partial charge >= 0.3 is 0 Å². The Labute approximate surface area is 207 Å². The van der Waals surface area contributed by atoms with E-state index in [1.165, 1.54) is 0 Å². The fraction of sp³-hybridized carbons (Fsp3) is 0.333. The van der Waals surface area contributed by atoms with E-state index in [-0.39, 0.29) is 23.1 Å². The van der Waals surface area contributed by atoms with Crippen molar-refractivity contribution in [3.63, 3.8) is 0 Å². The van der Waals surface area contributed by atoms with Crippen molar-refractivity contribution >= 4 is 85.3 Å². The van der Waals surface area contributed by atoms with Gasteiger partial charge in [0, 0.05) is 35.5 Å². The lowest BCUT2D eigenvalue weighted by molar-refractivity contribution is -0.131.